The molecule has 0 bridgehead atoms. The van der Waals surface area contributed by atoms with Crippen LogP contribution in [0.25, 0.3) is 10.8 Å². The molecule has 2 saturated carbocycles. The molecule has 2 N–H and O–H groups in total. The van der Waals surface area contributed by atoms with E-state index >= 15 is 4.79 Å². The average Bonchev–Trinajstić information content (AvgIpc) is 3.80. The topological polar surface area (TPSA) is 110 Å². The van der Waals surface area contributed by atoms with Crippen LogP contribution in [0, 0.1) is 23.7 Å². The average molecular weight is 847 g/mol. The van der Waals surface area contributed by atoms with E-state index in [-0.39, 0.29) is 43.5 Å². The van der Waals surface area contributed by atoms with Crippen molar-refractivity contribution in [3.63, 3.8) is 0 Å². The van der Waals surface area contributed by atoms with Crippen LogP contribution >= 0.6 is 0 Å². The lowest BCUT2D eigenvalue weighted by atomic mass is 9.55. The molecule has 0 spiro atoms. The molecular formula is C53H70N2O7. The van der Waals surface area contributed by atoms with Crippen molar-refractivity contribution in [2.24, 2.45) is 28.8 Å². The number of amides is 1. The minimum absolute atomic E-state index is 0.0798. The number of aliphatic hydroxyl groups is 2. The van der Waals surface area contributed by atoms with Gasteiger partial charge in [0.05, 0.1) is 18.2 Å². The molecule has 1 aliphatic heterocycles. The van der Waals surface area contributed by atoms with Crippen LogP contribution in [0.4, 0.5) is 0 Å². The maximum atomic E-state index is 15.4. The molecule has 62 heavy (non-hydrogen) atoms. The number of fused-ring (bicyclic) bond motifs is 3. The Bertz CT molecular complexity index is 2060. The maximum absolute atomic E-state index is 15.4. The Hall–Kier alpha value is -4.44. The first-order chi connectivity index (χ1) is 30.1. The van der Waals surface area contributed by atoms with Gasteiger partial charge in [-0.15, -0.1) is 6.58 Å². The largest absolute Gasteiger partial charge is 0.490 e. The van der Waals surface area contributed by atoms with Crippen LogP contribution in [-0.2, 0) is 20.9 Å². The lowest BCUT2D eigenvalue weighted by Gasteiger charge is -2.60. The fourth-order valence-electron chi connectivity index (χ4n) is 10.8. The molecule has 3 aromatic carbocycles. The van der Waals surface area contributed by atoms with Crippen LogP contribution in [0.1, 0.15) is 121 Å². The molecule has 334 valence electrons. The Kier molecular flexibility index (Phi) is 15.3. The summed E-state index contributed by atoms with van der Waals surface area (Å²) < 4.78 is 21.0. The first kappa shape index (κ1) is 45.6. The number of carbonyl (C=O) groups is 1. The number of benzene rings is 3. The molecule has 7 rings (SSSR count). The third-order valence-electron chi connectivity index (χ3n) is 13.6. The fourth-order valence-corrected chi connectivity index (χ4v) is 10.8. The van der Waals surface area contributed by atoms with Crippen molar-refractivity contribution in [2.75, 3.05) is 26.4 Å². The minimum Gasteiger partial charge on any atom is -0.490 e. The number of ether oxygens (including phenoxy) is 3. The molecule has 2 fully saturated rings. The summed E-state index contributed by atoms with van der Waals surface area (Å²) in [6.45, 7) is 15.2. The van der Waals surface area contributed by atoms with Gasteiger partial charge < -0.3 is 34.2 Å². The Balaban J connectivity index is 1.47. The fraction of sp³-hybridized carbons (Fsp3) is 0.547. The Morgan fingerprint density at radius 2 is 1.68 bits per heavy atom. The van der Waals surface area contributed by atoms with E-state index in [1.54, 1.807) is 12.2 Å². The van der Waals surface area contributed by atoms with Crippen molar-refractivity contribution < 1.29 is 34.1 Å². The van der Waals surface area contributed by atoms with Gasteiger partial charge in [0, 0.05) is 44.1 Å². The lowest BCUT2D eigenvalue weighted by Crippen LogP contribution is -2.70. The minimum atomic E-state index is -1.33. The normalized spacial score (nSPS) is 25.1. The van der Waals surface area contributed by atoms with E-state index < -0.39 is 23.3 Å². The predicted molar refractivity (Wildman–Crippen MR) is 247 cm³/mol. The molecule has 9 nitrogen and oxygen atoms in total. The second-order valence-electron chi connectivity index (χ2n) is 18.9. The number of aliphatic hydroxyl groups excluding tert-OH is 2. The van der Waals surface area contributed by atoms with Crippen molar-refractivity contribution in [1.29, 1.82) is 0 Å². The van der Waals surface area contributed by atoms with Gasteiger partial charge in [0.25, 0.3) is 0 Å². The smallest absolute Gasteiger partial charge is 0.239 e. The van der Waals surface area contributed by atoms with Crippen LogP contribution < -0.4 is 9.47 Å². The van der Waals surface area contributed by atoms with Gasteiger partial charge in [-0.2, -0.15) is 0 Å². The van der Waals surface area contributed by atoms with E-state index in [1.807, 2.05) is 32.9 Å². The number of rotatable bonds is 21. The third kappa shape index (κ3) is 10.2. The summed E-state index contributed by atoms with van der Waals surface area (Å²) in [7, 11) is 0. The molecule has 1 heterocycles. The lowest BCUT2D eigenvalue weighted by molar-refractivity contribution is -0.258. The first-order valence-corrected chi connectivity index (χ1v) is 23.4. The zero-order valence-corrected chi connectivity index (χ0v) is 37.4. The summed E-state index contributed by atoms with van der Waals surface area (Å²) in [5.41, 5.74) is 3.36. The van der Waals surface area contributed by atoms with Crippen molar-refractivity contribution in [3.8, 4) is 11.5 Å². The number of carbonyl (C=O) groups excluding carboxylic acids is 1. The van der Waals surface area contributed by atoms with Crippen LogP contribution in [0.5, 0.6) is 11.5 Å². The standard InChI is InChI=1S/C53H70N2O7/c1-6-31-59-41-26-27-47-45(34-41)50-43(24-13-15-30-57)39(20-12-14-29-56)33-44-46(54-62-52(3,4)5)35-48(53(61-47,51(44)50)60-32-7-2)55(49(58)28-25-37-17-8-9-18-37)36-40-22-16-21-38-19-10-11-23-42(38)40/h6-7,10-11,16,19,21-23,26-27,33-34,37,39,43,48,50-51,56-57H,1-2,8-9,12-15,17-18,20,24-25,28-32,35-36H2,3-5H3. The third-order valence-corrected chi connectivity index (χ3v) is 13.6. The second-order valence-corrected chi connectivity index (χ2v) is 18.9. The van der Waals surface area contributed by atoms with Crippen molar-refractivity contribution in [1.82, 2.24) is 4.90 Å². The van der Waals surface area contributed by atoms with Gasteiger partial charge in [0.15, 0.2) is 0 Å². The first-order valence-electron chi connectivity index (χ1n) is 23.4. The quantitative estimate of drug-likeness (QED) is 0.0624. The molecular weight excluding hydrogens is 777 g/mol. The van der Waals surface area contributed by atoms with Crippen molar-refractivity contribution in [2.45, 2.75) is 134 Å². The van der Waals surface area contributed by atoms with Crippen molar-refractivity contribution in [3.05, 3.63) is 109 Å². The summed E-state index contributed by atoms with van der Waals surface area (Å²) in [6.07, 6.45) is 17.2. The summed E-state index contributed by atoms with van der Waals surface area (Å²) >= 11 is 0. The highest BCUT2D eigenvalue weighted by Crippen LogP contribution is 2.62. The van der Waals surface area contributed by atoms with Gasteiger partial charge in [-0.25, -0.2) is 0 Å². The molecule has 3 aromatic rings. The second kappa shape index (κ2) is 20.8. The van der Waals surface area contributed by atoms with Crippen LogP contribution in [0.15, 0.2) is 103 Å². The monoisotopic (exact) mass is 847 g/mol. The number of hydrogen-bond donors (Lipinski definition) is 2. The summed E-state index contributed by atoms with van der Waals surface area (Å²) in [4.78, 5) is 23.8. The number of unbranched alkanes of at least 4 members (excludes halogenated alkanes) is 2. The molecule has 6 atom stereocenters. The van der Waals surface area contributed by atoms with Gasteiger partial charge >= 0.3 is 0 Å². The molecule has 0 radical (unpaired) electrons. The van der Waals surface area contributed by atoms with E-state index in [9.17, 15) is 10.2 Å². The zero-order chi connectivity index (χ0) is 43.7. The van der Waals surface area contributed by atoms with Gasteiger partial charge in [0.2, 0.25) is 11.7 Å². The van der Waals surface area contributed by atoms with E-state index in [4.69, 9.17) is 24.2 Å². The van der Waals surface area contributed by atoms with Crippen molar-refractivity contribution >= 4 is 22.4 Å². The Morgan fingerprint density at radius 3 is 2.42 bits per heavy atom. The predicted octanol–water partition coefficient (Wildman–Crippen LogP) is 10.8. The number of allylic oxidation sites excluding steroid dienone is 1. The van der Waals surface area contributed by atoms with E-state index in [0.29, 0.717) is 50.5 Å². The van der Waals surface area contributed by atoms with E-state index in [2.05, 4.69) is 72.7 Å². The Labute approximate surface area is 369 Å². The van der Waals surface area contributed by atoms with Gasteiger partial charge in [-0.1, -0.05) is 111 Å². The summed E-state index contributed by atoms with van der Waals surface area (Å²) in [5.74, 6) is 0.454. The molecule has 0 saturated heterocycles. The zero-order valence-electron chi connectivity index (χ0n) is 37.4. The van der Waals surface area contributed by atoms with Crippen LogP contribution in [-0.4, -0.2) is 70.6 Å². The van der Waals surface area contributed by atoms with Gasteiger partial charge in [-0.05, 0) is 111 Å². The summed E-state index contributed by atoms with van der Waals surface area (Å²) in [5, 5.41) is 27.2. The summed E-state index contributed by atoms with van der Waals surface area (Å²) in [6, 6.07) is 20.2. The Morgan fingerprint density at radius 1 is 0.935 bits per heavy atom. The van der Waals surface area contributed by atoms with Crippen LogP contribution in [0.3, 0.4) is 0 Å². The molecule has 1 amide bonds. The van der Waals surface area contributed by atoms with E-state index in [0.717, 1.165) is 71.0 Å². The van der Waals surface area contributed by atoms with E-state index in [1.165, 1.54) is 25.7 Å². The van der Waals surface area contributed by atoms with Gasteiger partial charge in [0.1, 0.15) is 29.7 Å². The highest BCUT2D eigenvalue weighted by Gasteiger charge is 2.65. The highest BCUT2D eigenvalue weighted by atomic mass is 16.7. The molecule has 0 aromatic heterocycles. The van der Waals surface area contributed by atoms with Gasteiger partial charge in [-0.3, -0.25) is 4.79 Å². The highest BCUT2D eigenvalue weighted by molar-refractivity contribution is 6.03. The number of hydrogen-bond acceptors (Lipinski definition) is 8. The SMILES string of the molecule is C=CCOc1ccc2c(c1)C1C(CCCCO)C(CCCCO)C=C3C(=NOC(C)(C)C)CC(N(Cc4cccc5ccccc45)C(=O)CCC4CCCC4)C(OCC=C)(O2)C31. The maximum Gasteiger partial charge on any atom is 0.239 e. The molecule has 3 aliphatic carbocycles. The molecule has 6 unspecified atom stereocenters. The molecule has 9 heteroatoms. The van der Waals surface area contributed by atoms with Crippen LogP contribution in [0.2, 0.25) is 0 Å². The number of nitrogens with zero attached hydrogens (tertiary/aromatic N) is 2. The molecule has 4 aliphatic rings. The number of oxime groups is 1.